The number of carbonyl (C=O) groups is 1. The Morgan fingerprint density at radius 2 is 2.10 bits per heavy atom. The van der Waals surface area contributed by atoms with E-state index in [1.807, 2.05) is 0 Å². The van der Waals surface area contributed by atoms with Gasteiger partial charge in [0.1, 0.15) is 0 Å². The Labute approximate surface area is 124 Å². The highest BCUT2D eigenvalue weighted by Gasteiger charge is 2.26. The first-order chi connectivity index (χ1) is 9.63. The maximum absolute atomic E-state index is 12.3. The van der Waals surface area contributed by atoms with Crippen molar-refractivity contribution in [3.05, 3.63) is 23.8 Å². The fourth-order valence-electron chi connectivity index (χ4n) is 1.50. The van der Waals surface area contributed by atoms with Crippen LogP contribution < -0.4 is 10.5 Å². The van der Waals surface area contributed by atoms with E-state index in [2.05, 4.69) is 9.46 Å². The maximum atomic E-state index is 12.3. The summed E-state index contributed by atoms with van der Waals surface area (Å²) in [7, 11) is -2.82. The summed E-state index contributed by atoms with van der Waals surface area (Å²) in [5, 5.41) is 9.86. The van der Waals surface area contributed by atoms with E-state index in [0.29, 0.717) is 6.42 Å². The Hall–Kier alpha value is -1.64. The summed E-state index contributed by atoms with van der Waals surface area (Å²) in [6.07, 6.45) is 0.376. The van der Waals surface area contributed by atoms with Crippen LogP contribution in [-0.2, 0) is 14.8 Å². The summed E-state index contributed by atoms with van der Waals surface area (Å²) in [5.41, 5.74) is 4.48. The molecule has 1 unspecified atom stereocenters. The van der Waals surface area contributed by atoms with Gasteiger partial charge in [-0.15, -0.1) is 0 Å². The molecule has 0 aliphatic heterocycles. The second-order valence-corrected chi connectivity index (χ2v) is 6.66. The fraction of sp³-hybridized carbons (Fsp3) is 0.462. The number of methoxy groups -OCH3 is 1. The highest BCUT2D eigenvalue weighted by atomic mass is 32.2. The SMILES string of the molecule is CCC(C)(O)CNS(=O)(=O)c1ccc(N)cc1C(=O)OC. The number of nitrogens with two attached hydrogens (primary N) is 1. The lowest BCUT2D eigenvalue weighted by molar-refractivity contribution is 0.0596. The van der Waals surface area contributed by atoms with Crippen molar-refractivity contribution in [2.75, 3.05) is 19.4 Å². The Morgan fingerprint density at radius 1 is 1.48 bits per heavy atom. The van der Waals surface area contributed by atoms with Crippen molar-refractivity contribution in [2.24, 2.45) is 0 Å². The van der Waals surface area contributed by atoms with Crippen LogP contribution in [0.5, 0.6) is 0 Å². The van der Waals surface area contributed by atoms with Crippen LogP contribution in [0.1, 0.15) is 30.6 Å². The van der Waals surface area contributed by atoms with E-state index >= 15 is 0 Å². The van der Waals surface area contributed by atoms with Gasteiger partial charge in [-0.2, -0.15) is 0 Å². The van der Waals surface area contributed by atoms with Crippen LogP contribution in [-0.4, -0.2) is 38.7 Å². The number of carbonyl (C=O) groups excluding carboxylic acids is 1. The lowest BCUT2D eigenvalue weighted by Crippen LogP contribution is -2.40. The number of rotatable bonds is 6. The van der Waals surface area contributed by atoms with Crippen LogP contribution in [0.25, 0.3) is 0 Å². The minimum absolute atomic E-state index is 0.152. The lowest BCUT2D eigenvalue weighted by atomic mass is 10.1. The van der Waals surface area contributed by atoms with Gasteiger partial charge in [0.15, 0.2) is 0 Å². The summed E-state index contributed by atoms with van der Waals surface area (Å²) in [4.78, 5) is 11.4. The monoisotopic (exact) mass is 316 g/mol. The van der Waals surface area contributed by atoms with Gasteiger partial charge in [0.05, 0.1) is 23.2 Å². The van der Waals surface area contributed by atoms with Gasteiger partial charge in [0, 0.05) is 12.2 Å². The summed E-state index contributed by atoms with van der Waals surface area (Å²) in [6, 6.07) is 3.84. The highest BCUT2D eigenvalue weighted by molar-refractivity contribution is 7.89. The van der Waals surface area contributed by atoms with Crippen molar-refractivity contribution >= 4 is 21.7 Å². The van der Waals surface area contributed by atoms with Gasteiger partial charge in [-0.3, -0.25) is 0 Å². The van der Waals surface area contributed by atoms with Crippen molar-refractivity contribution in [1.29, 1.82) is 0 Å². The molecule has 0 aromatic heterocycles. The molecule has 0 aliphatic rings. The molecule has 0 heterocycles. The number of sulfonamides is 1. The van der Waals surface area contributed by atoms with Crippen LogP contribution in [0.3, 0.4) is 0 Å². The summed E-state index contributed by atoms with van der Waals surface area (Å²) >= 11 is 0. The van der Waals surface area contributed by atoms with E-state index in [9.17, 15) is 18.3 Å². The van der Waals surface area contributed by atoms with Crippen LogP contribution in [0.2, 0.25) is 0 Å². The molecule has 0 radical (unpaired) electrons. The molecule has 1 aromatic carbocycles. The number of anilines is 1. The number of ether oxygens (including phenoxy) is 1. The van der Waals surface area contributed by atoms with Crippen LogP contribution in [0.4, 0.5) is 5.69 Å². The van der Waals surface area contributed by atoms with Crippen molar-refractivity contribution in [3.63, 3.8) is 0 Å². The van der Waals surface area contributed by atoms with Gasteiger partial charge in [0.25, 0.3) is 0 Å². The Kier molecular flexibility index (Phi) is 5.32. The number of hydrogen-bond donors (Lipinski definition) is 3. The molecule has 7 nitrogen and oxygen atoms in total. The molecule has 0 saturated heterocycles. The normalized spacial score (nSPS) is 14.5. The minimum atomic E-state index is -3.97. The third-order valence-corrected chi connectivity index (χ3v) is 4.56. The fourth-order valence-corrected chi connectivity index (χ4v) is 2.84. The molecule has 8 heteroatoms. The first-order valence-electron chi connectivity index (χ1n) is 6.33. The average molecular weight is 316 g/mol. The number of esters is 1. The predicted molar refractivity (Wildman–Crippen MR) is 78.3 cm³/mol. The molecule has 0 fully saturated rings. The van der Waals surface area contributed by atoms with Crippen molar-refractivity contribution in [2.45, 2.75) is 30.8 Å². The Morgan fingerprint density at radius 3 is 2.62 bits per heavy atom. The summed E-state index contributed by atoms with van der Waals surface area (Å²) < 4.78 is 31.4. The molecular formula is C13H20N2O5S. The number of nitrogen functional groups attached to an aromatic ring is 1. The van der Waals surface area contributed by atoms with Crippen LogP contribution >= 0.6 is 0 Å². The number of nitrogens with one attached hydrogen (secondary N) is 1. The number of benzene rings is 1. The zero-order valence-electron chi connectivity index (χ0n) is 12.2. The van der Waals surface area contributed by atoms with Gasteiger partial charge in [-0.05, 0) is 31.5 Å². The van der Waals surface area contributed by atoms with Crippen molar-refractivity contribution < 1.29 is 23.1 Å². The molecule has 118 valence electrons. The quantitative estimate of drug-likeness (QED) is 0.519. The Bertz CT molecular complexity index is 625. The highest BCUT2D eigenvalue weighted by Crippen LogP contribution is 2.20. The minimum Gasteiger partial charge on any atom is -0.465 e. The van der Waals surface area contributed by atoms with Gasteiger partial charge >= 0.3 is 5.97 Å². The first kappa shape index (κ1) is 17.4. The van der Waals surface area contributed by atoms with Gasteiger partial charge in [-0.1, -0.05) is 6.92 Å². The van der Waals surface area contributed by atoms with Crippen molar-refractivity contribution in [1.82, 2.24) is 4.72 Å². The zero-order valence-corrected chi connectivity index (χ0v) is 13.0. The molecule has 0 amide bonds. The van der Waals surface area contributed by atoms with Crippen LogP contribution in [0, 0.1) is 0 Å². The molecule has 0 saturated carbocycles. The molecule has 0 aliphatic carbocycles. The standard InChI is InChI=1S/C13H20N2O5S/c1-4-13(2,17)8-15-21(18,19)11-6-5-9(14)7-10(11)12(16)20-3/h5-7,15,17H,4,8,14H2,1-3H3. The molecular weight excluding hydrogens is 296 g/mol. The molecule has 0 spiro atoms. The largest absolute Gasteiger partial charge is 0.465 e. The van der Waals surface area contributed by atoms with E-state index in [-0.39, 0.29) is 22.7 Å². The van der Waals surface area contributed by atoms with E-state index in [1.54, 1.807) is 6.92 Å². The second kappa shape index (κ2) is 6.42. The molecule has 1 aromatic rings. The third kappa shape index (κ3) is 4.42. The summed E-state index contributed by atoms with van der Waals surface area (Å²) in [6.45, 7) is 3.08. The molecule has 1 atom stereocenters. The smallest absolute Gasteiger partial charge is 0.339 e. The van der Waals surface area contributed by atoms with E-state index < -0.39 is 21.6 Å². The topological polar surface area (TPSA) is 119 Å². The van der Waals surface area contributed by atoms with E-state index in [0.717, 1.165) is 7.11 Å². The third-order valence-electron chi connectivity index (χ3n) is 3.10. The molecule has 21 heavy (non-hydrogen) atoms. The summed E-state index contributed by atoms with van der Waals surface area (Å²) in [5.74, 6) is -0.801. The average Bonchev–Trinajstić information content (AvgIpc) is 2.44. The van der Waals surface area contributed by atoms with Crippen LogP contribution in [0.15, 0.2) is 23.1 Å². The first-order valence-corrected chi connectivity index (χ1v) is 7.81. The number of hydrogen-bond acceptors (Lipinski definition) is 6. The Balaban J connectivity index is 3.17. The van der Waals surface area contributed by atoms with Crippen molar-refractivity contribution in [3.8, 4) is 0 Å². The lowest BCUT2D eigenvalue weighted by Gasteiger charge is -2.22. The predicted octanol–water partition coefficient (Wildman–Crippen LogP) is 0.495. The number of aliphatic hydroxyl groups is 1. The van der Waals surface area contributed by atoms with E-state index in [1.165, 1.54) is 25.1 Å². The van der Waals surface area contributed by atoms with Gasteiger partial charge in [-0.25, -0.2) is 17.9 Å². The zero-order chi connectivity index (χ0) is 16.3. The molecule has 1 rings (SSSR count). The molecule has 0 bridgehead atoms. The second-order valence-electron chi connectivity index (χ2n) is 4.92. The van der Waals surface area contributed by atoms with Gasteiger partial charge in [0.2, 0.25) is 10.0 Å². The maximum Gasteiger partial charge on any atom is 0.339 e. The van der Waals surface area contributed by atoms with Gasteiger partial charge < -0.3 is 15.6 Å². The van der Waals surface area contributed by atoms with E-state index in [4.69, 9.17) is 5.73 Å². The molecule has 4 N–H and O–H groups in total.